The second-order valence-corrected chi connectivity index (χ2v) is 5.35. The molecule has 0 bridgehead atoms. The Hall–Kier alpha value is -1.03. The van der Waals surface area contributed by atoms with Gasteiger partial charge in [-0.1, -0.05) is 6.92 Å². The average Bonchev–Trinajstić information content (AvgIpc) is 2.38. The summed E-state index contributed by atoms with van der Waals surface area (Å²) in [4.78, 5) is 18.6. The van der Waals surface area contributed by atoms with Crippen molar-refractivity contribution in [2.45, 2.75) is 24.8 Å². The molecule has 3 nitrogen and oxygen atoms in total. The van der Waals surface area contributed by atoms with Crippen LogP contribution in [0.25, 0.3) is 0 Å². The Balaban J connectivity index is 2.18. The van der Waals surface area contributed by atoms with Gasteiger partial charge in [0.05, 0.1) is 5.56 Å². The average molecular weight is 250 g/mol. The Bertz CT molecular complexity index is 408. The molecule has 1 amide bonds. The predicted octanol–water partition coefficient (Wildman–Crippen LogP) is 2.68. The molecule has 0 spiro atoms. The molecule has 0 aliphatic carbocycles. The summed E-state index contributed by atoms with van der Waals surface area (Å²) in [6.45, 7) is 3.96. The normalized spacial score (nSPS) is 20.4. The minimum atomic E-state index is 0.133. The zero-order valence-electron chi connectivity index (χ0n) is 10.3. The molecule has 4 heteroatoms. The highest BCUT2D eigenvalue weighted by molar-refractivity contribution is 7.98. The largest absolute Gasteiger partial charge is 0.338 e. The Morgan fingerprint density at radius 3 is 3.12 bits per heavy atom. The second kappa shape index (κ2) is 5.54. The monoisotopic (exact) mass is 250 g/mol. The fraction of sp³-hybridized carbons (Fsp3) is 0.538. The van der Waals surface area contributed by atoms with Crippen LogP contribution in [-0.2, 0) is 0 Å². The van der Waals surface area contributed by atoms with E-state index in [9.17, 15) is 4.79 Å². The number of hydrogen-bond acceptors (Lipinski definition) is 3. The van der Waals surface area contributed by atoms with Crippen molar-refractivity contribution in [3.8, 4) is 0 Å². The molecular weight excluding hydrogens is 232 g/mol. The van der Waals surface area contributed by atoms with Gasteiger partial charge in [0.2, 0.25) is 0 Å². The number of thioether (sulfide) groups is 1. The van der Waals surface area contributed by atoms with Crippen LogP contribution < -0.4 is 0 Å². The molecule has 1 fully saturated rings. The molecule has 0 saturated carbocycles. The zero-order valence-corrected chi connectivity index (χ0v) is 11.2. The lowest BCUT2D eigenvalue weighted by atomic mass is 10.00. The Labute approximate surface area is 107 Å². The van der Waals surface area contributed by atoms with Crippen molar-refractivity contribution in [3.63, 3.8) is 0 Å². The van der Waals surface area contributed by atoms with Crippen molar-refractivity contribution in [1.29, 1.82) is 0 Å². The third-order valence-electron chi connectivity index (χ3n) is 3.14. The number of carbonyl (C=O) groups excluding carboxylic acids is 1. The molecular formula is C13H18N2OS. The Kier molecular flexibility index (Phi) is 4.05. The van der Waals surface area contributed by atoms with Crippen LogP contribution in [0.1, 0.15) is 30.1 Å². The van der Waals surface area contributed by atoms with Gasteiger partial charge >= 0.3 is 0 Å². The highest BCUT2D eigenvalue weighted by Gasteiger charge is 2.23. The van der Waals surface area contributed by atoms with Crippen LogP contribution in [0.15, 0.2) is 23.4 Å². The van der Waals surface area contributed by atoms with Crippen LogP contribution in [0.4, 0.5) is 0 Å². The van der Waals surface area contributed by atoms with Crippen LogP contribution >= 0.6 is 11.8 Å². The number of likely N-dealkylation sites (tertiary alicyclic amines) is 1. The first-order valence-electron chi connectivity index (χ1n) is 6.00. The zero-order chi connectivity index (χ0) is 12.3. The first-order valence-corrected chi connectivity index (χ1v) is 7.23. The summed E-state index contributed by atoms with van der Waals surface area (Å²) in [5.41, 5.74) is 0.745. The first-order chi connectivity index (χ1) is 8.22. The van der Waals surface area contributed by atoms with Crippen molar-refractivity contribution in [1.82, 2.24) is 9.88 Å². The molecule has 1 aliphatic heterocycles. The summed E-state index contributed by atoms with van der Waals surface area (Å²) in [5.74, 6) is 0.746. The van der Waals surface area contributed by atoms with Gasteiger partial charge in [0, 0.05) is 19.3 Å². The number of carbonyl (C=O) groups is 1. The first kappa shape index (κ1) is 12.4. The second-order valence-electron chi connectivity index (χ2n) is 4.56. The van der Waals surface area contributed by atoms with Gasteiger partial charge in [-0.2, -0.15) is 0 Å². The third kappa shape index (κ3) is 2.80. The van der Waals surface area contributed by atoms with Crippen LogP contribution in [0.2, 0.25) is 0 Å². The molecule has 2 rings (SSSR count). The van der Waals surface area contributed by atoms with Crippen LogP contribution in [0.5, 0.6) is 0 Å². The van der Waals surface area contributed by atoms with Crippen molar-refractivity contribution in [2.24, 2.45) is 5.92 Å². The number of nitrogens with zero attached hydrogens (tertiary/aromatic N) is 2. The molecule has 1 aliphatic rings. The van der Waals surface area contributed by atoms with E-state index in [0.29, 0.717) is 5.92 Å². The quantitative estimate of drug-likeness (QED) is 0.757. The van der Waals surface area contributed by atoms with E-state index in [2.05, 4.69) is 11.9 Å². The Morgan fingerprint density at radius 1 is 1.59 bits per heavy atom. The summed E-state index contributed by atoms with van der Waals surface area (Å²) in [6.07, 6.45) is 6.04. The molecule has 1 aromatic rings. The summed E-state index contributed by atoms with van der Waals surface area (Å²) in [6, 6.07) is 3.71. The van der Waals surface area contributed by atoms with Crippen LogP contribution in [0.3, 0.4) is 0 Å². The fourth-order valence-electron chi connectivity index (χ4n) is 2.26. The van der Waals surface area contributed by atoms with E-state index >= 15 is 0 Å². The lowest BCUT2D eigenvalue weighted by Gasteiger charge is -2.31. The van der Waals surface area contributed by atoms with E-state index < -0.39 is 0 Å². The molecule has 1 atom stereocenters. The van der Waals surface area contributed by atoms with E-state index in [1.54, 1.807) is 6.20 Å². The van der Waals surface area contributed by atoms with Gasteiger partial charge in [0.1, 0.15) is 5.03 Å². The van der Waals surface area contributed by atoms with E-state index in [1.165, 1.54) is 18.2 Å². The minimum Gasteiger partial charge on any atom is -0.338 e. The van der Waals surface area contributed by atoms with Crippen LogP contribution in [0, 0.1) is 5.92 Å². The molecule has 1 unspecified atom stereocenters. The maximum atomic E-state index is 12.4. The molecule has 0 radical (unpaired) electrons. The van der Waals surface area contributed by atoms with Crippen molar-refractivity contribution >= 4 is 17.7 Å². The lowest BCUT2D eigenvalue weighted by Crippen LogP contribution is -2.39. The topological polar surface area (TPSA) is 33.2 Å². The van der Waals surface area contributed by atoms with Gasteiger partial charge in [-0.05, 0) is 37.1 Å². The highest BCUT2D eigenvalue weighted by Crippen LogP contribution is 2.22. The molecule has 92 valence electrons. The van der Waals surface area contributed by atoms with E-state index in [1.807, 2.05) is 23.3 Å². The summed E-state index contributed by atoms with van der Waals surface area (Å²) in [7, 11) is 0. The predicted molar refractivity (Wildman–Crippen MR) is 70.3 cm³/mol. The number of amides is 1. The van der Waals surface area contributed by atoms with E-state index in [4.69, 9.17) is 0 Å². The standard InChI is InChI=1S/C13H18N2OS/c1-10-5-4-8-15(9-10)13(16)11-6-3-7-14-12(11)17-2/h3,6-7,10H,4-5,8-9H2,1-2H3. The fourth-order valence-corrected chi connectivity index (χ4v) is 2.80. The van der Waals surface area contributed by atoms with Crippen molar-refractivity contribution in [2.75, 3.05) is 19.3 Å². The number of rotatable bonds is 2. The van der Waals surface area contributed by atoms with Gasteiger partial charge in [0.25, 0.3) is 5.91 Å². The van der Waals surface area contributed by atoms with E-state index in [0.717, 1.165) is 30.1 Å². The third-order valence-corrected chi connectivity index (χ3v) is 3.85. The molecule has 0 N–H and O–H groups in total. The number of aromatic nitrogens is 1. The summed E-state index contributed by atoms with van der Waals surface area (Å²) < 4.78 is 0. The SMILES string of the molecule is CSc1ncccc1C(=O)N1CCCC(C)C1. The van der Waals surface area contributed by atoms with E-state index in [-0.39, 0.29) is 5.91 Å². The molecule has 1 aromatic heterocycles. The van der Waals surface area contributed by atoms with Crippen LogP contribution in [-0.4, -0.2) is 35.1 Å². The smallest absolute Gasteiger partial charge is 0.256 e. The molecule has 2 heterocycles. The van der Waals surface area contributed by atoms with Crippen molar-refractivity contribution in [3.05, 3.63) is 23.9 Å². The van der Waals surface area contributed by atoms with Gasteiger partial charge in [-0.15, -0.1) is 11.8 Å². The van der Waals surface area contributed by atoms with Gasteiger partial charge in [0.15, 0.2) is 0 Å². The minimum absolute atomic E-state index is 0.133. The van der Waals surface area contributed by atoms with Crippen molar-refractivity contribution < 1.29 is 4.79 Å². The molecule has 1 saturated heterocycles. The number of pyridine rings is 1. The highest BCUT2D eigenvalue weighted by atomic mass is 32.2. The molecule has 0 aromatic carbocycles. The lowest BCUT2D eigenvalue weighted by molar-refractivity contribution is 0.0678. The maximum absolute atomic E-state index is 12.4. The van der Waals surface area contributed by atoms with Gasteiger partial charge < -0.3 is 4.90 Å². The number of hydrogen-bond donors (Lipinski definition) is 0. The van der Waals surface area contributed by atoms with Gasteiger partial charge in [-0.25, -0.2) is 4.98 Å². The summed E-state index contributed by atoms with van der Waals surface area (Å²) in [5, 5.41) is 0.829. The number of piperidine rings is 1. The Morgan fingerprint density at radius 2 is 2.41 bits per heavy atom. The molecule has 17 heavy (non-hydrogen) atoms. The maximum Gasteiger partial charge on any atom is 0.256 e. The summed E-state index contributed by atoms with van der Waals surface area (Å²) >= 11 is 1.53. The van der Waals surface area contributed by atoms with Gasteiger partial charge in [-0.3, -0.25) is 4.79 Å².